The molecule has 2 aromatic heterocycles. The van der Waals surface area contributed by atoms with Gasteiger partial charge in [-0.3, -0.25) is 0 Å². The van der Waals surface area contributed by atoms with Crippen LogP contribution in [-0.2, 0) is 5.41 Å². The van der Waals surface area contributed by atoms with E-state index in [2.05, 4.69) is 160 Å². The first-order valence-electron chi connectivity index (χ1n) is 16.0. The minimum Gasteiger partial charge on any atom is -0.309 e. The van der Waals surface area contributed by atoms with E-state index in [0.717, 1.165) is 0 Å². The summed E-state index contributed by atoms with van der Waals surface area (Å²) in [6, 6.07) is 41.7. The van der Waals surface area contributed by atoms with Crippen LogP contribution in [0.25, 0.3) is 66.1 Å². The van der Waals surface area contributed by atoms with Crippen LogP contribution >= 0.6 is 0 Å². The molecule has 0 amide bonds. The lowest BCUT2D eigenvalue weighted by atomic mass is 9.82. The predicted molar refractivity (Wildman–Crippen MR) is 192 cm³/mol. The fourth-order valence-corrected chi connectivity index (χ4v) is 8.08. The number of rotatable bonds is 2. The van der Waals surface area contributed by atoms with E-state index in [1.54, 1.807) is 0 Å². The lowest BCUT2D eigenvalue weighted by Crippen LogP contribution is -2.15. The SMILES string of the molecule is Cc1ccc2c(c1)c1cc(C)ccc1n2-c1ccc2c(c1)-c1cc(-n3c4ccc(C)cc4c4cc(C)ccc43)ccc1C2(C)C. The molecule has 0 unspecified atom stereocenters. The van der Waals surface area contributed by atoms with Gasteiger partial charge in [0.1, 0.15) is 0 Å². The summed E-state index contributed by atoms with van der Waals surface area (Å²) in [4.78, 5) is 0. The van der Waals surface area contributed by atoms with Crippen LogP contribution in [0.2, 0.25) is 0 Å². The normalized spacial score (nSPS) is 13.7. The standard InChI is InChI=1S/C43H36N2/c1-25-7-15-39-33(19-25)34-20-26(2)8-16-40(34)44(39)29-11-13-37-31(23-29)32-24-30(12-14-38(32)43(37,5)6)45-41-17-9-27(3)21-35(41)36-22-28(4)10-18-42(36)45/h7-24H,1-6H3. The third-order valence-electron chi connectivity index (χ3n) is 10.3. The average molecular weight is 581 g/mol. The predicted octanol–water partition coefficient (Wildman–Crippen LogP) is 11.4. The first-order valence-corrected chi connectivity index (χ1v) is 16.0. The van der Waals surface area contributed by atoms with Gasteiger partial charge in [0.25, 0.3) is 0 Å². The summed E-state index contributed by atoms with van der Waals surface area (Å²) >= 11 is 0. The van der Waals surface area contributed by atoms with E-state index < -0.39 is 0 Å². The largest absolute Gasteiger partial charge is 0.309 e. The number of aryl methyl sites for hydroxylation is 4. The van der Waals surface area contributed by atoms with Crippen molar-refractivity contribution >= 4 is 43.6 Å². The van der Waals surface area contributed by atoms with E-state index in [1.165, 1.54) is 99.5 Å². The fourth-order valence-electron chi connectivity index (χ4n) is 8.08. The molecule has 0 spiro atoms. The molecule has 0 saturated carbocycles. The van der Waals surface area contributed by atoms with Crippen LogP contribution in [0.5, 0.6) is 0 Å². The number of nitrogens with zero attached hydrogens (tertiary/aromatic N) is 2. The molecule has 0 aliphatic heterocycles. The Morgan fingerprint density at radius 2 is 0.689 bits per heavy atom. The van der Waals surface area contributed by atoms with Gasteiger partial charge in [-0.2, -0.15) is 0 Å². The Morgan fingerprint density at radius 1 is 0.378 bits per heavy atom. The summed E-state index contributed by atoms with van der Waals surface area (Å²) in [6.45, 7) is 13.5. The number of fused-ring (bicyclic) bond motifs is 9. The van der Waals surface area contributed by atoms with Crippen LogP contribution < -0.4 is 0 Å². The maximum Gasteiger partial charge on any atom is 0.0541 e. The van der Waals surface area contributed by atoms with Gasteiger partial charge in [0.2, 0.25) is 0 Å². The molecule has 0 fully saturated rings. The topological polar surface area (TPSA) is 9.86 Å². The Hall–Kier alpha value is -5.08. The van der Waals surface area contributed by atoms with Crippen molar-refractivity contribution in [2.24, 2.45) is 0 Å². The molecule has 2 heteroatoms. The number of hydrogen-bond donors (Lipinski definition) is 0. The molecule has 2 nitrogen and oxygen atoms in total. The highest BCUT2D eigenvalue weighted by Gasteiger charge is 2.36. The first kappa shape index (κ1) is 26.3. The number of hydrogen-bond acceptors (Lipinski definition) is 0. The van der Waals surface area contributed by atoms with Crippen molar-refractivity contribution in [2.75, 3.05) is 0 Å². The van der Waals surface area contributed by atoms with Gasteiger partial charge in [0, 0.05) is 38.3 Å². The maximum absolute atomic E-state index is 2.45. The molecule has 1 aliphatic rings. The quantitative estimate of drug-likeness (QED) is 0.192. The molecule has 0 radical (unpaired) electrons. The minimum atomic E-state index is -0.0776. The molecular weight excluding hydrogens is 544 g/mol. The molecule has 218 valence electrons. The van der Waals surface area contributed by atoms with Crippen molar-refractivity contribution in [1.82, 2.24) is 9.13 Å². The van der Waals surface area contributed by atoms with Gasteiger partial charge in [0.15, 0.2) is 0 Å². The molecule has 0 N–H and O–H groups in total. The molecule has 2 heterocycles. The Kier molecular flexibility index (Phi) is 5.26. The van der Waals surface area contributed by atoms with Crippen molar-refractivity contribution in [2.45, 2.75) is 47.0 Å². The van der Waals surface area contributed by atoms with Crippen LogP contribution in [0.15, 0.2) is 109 Å². The van der Waals surface area contributed by atoms with E-state index in [0.29, 0.717) is 0 Å². The highest BCUT2D eigenvalue weighted by molar-refractivity contribution is 6.11. The molecule has 0 saturated heterocycles. The zero-order valence-electron chi connectivity index (χ0n) is 26.8. The summed E-state index contributed by atoms with van der Waals surface area (Å²) in [5.41, 5.74) is 17.9. The molecule has 9 rings (SSSR count). The fraction of sp³-hybridized carbons (Fsp3) is 0.163. The molecule has 0 atom stereocenters. The molecule has 0 bridgehead atoms. The smallest absolute Gasteiger partial charge is 0.0541 e. The minimum absolute atomic E-state index is 0.0776. The summed E-state index contributed by atoms with van der Waals surface area (Å²) < 4.78 is 4.91. The Balaban J connectivity index is 1.30. The summed E-state index contributed by atoms with van der Waals surface area (Å²) in [7, 11) is 0. The third-order valence-corrected chi connectivity index (χ3v) is 10.3. The van der Waals surface area contributed by atoms with Gasteiger partial charge in [-0.05, 0) is 123 Å². The highest BCUT2D eigenvalue weighted by atomic mass is 15.0. The Labute approximate surface area is 264 Å². The zero-order valence-corrected chi connectivity index (χ0v) is 26.8. The van der Waals surface area contributed by atoms with Gasteiger partial charge >= 0.3 is 0 Å². The van der Waals surface area contributed by atoms with Gasteiger partial charge in [-0.25, -0.2) is 0 Å². The monoisotopic (exact) mass is 580 g/mol. The highest BCUT2D eigenvalue weighted by Crippen LogP contribution is 2.50. The van der Waals surface area contributed by atoms with E-state index in [9.17, 15) is 0 Å². The second-order valence-corrected chi connectivity index (χ2v) is 13.8. The molecular formula is C43H36N2. The van der Waals surface area contributed by atoms with Gasteiger partial charge in [-0.15, -0.1) is 0 Å². The summed E-state index contributed by atoms with van der Waals surface area (Å²) in [5, 5.41) is 5.26. The van der Waals surface area contributed by atoms with E-state index in [1.807, 2.05) is 0 Å². The molecule has 6 aromatic carbocycles. The molecule has 1 aliphatic carbocycles. The van der Waals surface area contributed by atoms with Crippen molar-refractivity contribution in [1.29, 1.82) is 0 Å². The lowest BCUT2D eigenvalue weighted by molar-refractivity contribution is 0.660. The van der Waals surface area contributed by atoms with E-state index in [4.69, 9.17) is 0 Å². The maximum atomic E-state index is 2.45. The number of benzene rings is 6. The van der Waals surface area contributed by atoms with Crippen molar-refractivity contribution in [3.8, 4) is 22.5 Å². The lowest BCUT2D eigenvalue weighted by Gasteiger charge is -2.22. The molecule has 45 heavy (non-hydrogen) atoms. The summed E-state index contributed by atoms with van der Waals surface area (Å²) in [6.07, 6.45) is 0. The first-order chi connectivity index (χ1) is 21.7. The second kappa shape index (κ2) is 8.99. The van der Waals surface area contributed by atoms with Crippen LogP contribution in [0.4, 0.5) is 0 Å². The van der Waals surface area contributed by atoms with Crippen molar-refractivity contribution in [3.63, 3.8) is 0 Å². The van der Waals surface area contributed by atoms with Crippen molar-refractivity contribution in [3.05, 3.63) is 143 Å². The van der Waals surface area contributed by atoms with Gasteiger partial charge in [0.05, 0.1) is 22.1 Å². The number of aromatic nitrogens is 2. The van der Waals surface area contributed by atoms with Crippen LogP contribution in [0.1, 0.15) is 47.2 Å². The van der Waals surface area contributed by atoms with E-state index in [-0.39, 0.29) is 5.41 Å². The van der Waals surface area contributed by atoms with Crippen molar-refractivity contribution < 1.29 is 0 Å². The Bertz CT molecular complexity index is 2250. The molecule has 8 aromatic rings. The average Bonchev–Trinajstić information content (AvgIpc) is 3.59. The second-order valence-electron chi connectivity index (χ2n) is 13.8. The third kappa shape index (κ3) is 3.63. The van der Waals surface area contributed by atoms with E-state index >= 15 is 0 Å². The van der Waals surface area contributed by atoms with Crippen LogP contribution in [0.3, 0.4) is 0 Å². The Morgan fingerprint density at radius 3 is 1.00 bits per heavy atom. The van der Waals surface area contributed by atoms with Gasteiger partial charge < -0.3 is 9.13 Å². The summed E-state index contributed by atoms with van der Waals surface area (Å²) in [5.74, 6) is 0. The van der Waals surface area contributed by atoms with Crippen LogP contribution in [0, 0.1) is 27.7 Å². The zero-order chi connectivity index (χ0) is 30.8. The van der Waals surface area contributed by atoms with Gasteiger partial charge in [-0.1, -0.05) is 72.5 Å². The van der Waals surface area contributed by atoms with Crippen LogP contribution in [-0.4, -0.2) is 9.13 Å².